The Morgan fingerprint density at radius 2 is 1.78 bits per heavy atom. The first-order chi connectivity index (χ1) is 11.0. The van der Waals surface area contributed by atoms with Crippen molar-refractivity contribution in [2.75, 3.05) is 0 Å². The Kier molecular flexibility index (Phi) is 3.60. The molecule has 1 aromatic heterocycles. The third-order valence-electron chi connectivity index (χ3n) is 3.08. The monoisotopic (exact) mass is 327 g/mol. The number of nitriles is 1. The number of rotatable bonds is 3. The van der Waals surface area contributed by atoms with Crippen molar-refractivity contribution >= 4 is 21.1 Å². The van der Waals surface area contributed by atoms with Gasteiger partial charge in [-0.15, -0.1) is 0 Å². The molecule has 0 aliphatic carbocycles. The zero-order chi connectivity index (χ0) is 16.4. The summed E-state index contributed by atoms with van der Waals surface area (Å²) < 4.78 is 34.7. The molecule has 0 N–H and O–H groups in total. The Hall–Kier alpha value is -3.11. The molecule has 0 saturated heterocycles. The van der Waals surface area contributed by atoms with Gasteiger partial charge in [-0.25, -0.2) is 4.79 Å². The number of nitrogens with zero attached hydrogens (tertiary/aromatic N) is 1. The summed E-state index contributed by atoms with van der Waals surface area (Å²) >= 11 is 0. The van der Waals surface area contributed by atoms with Crippen molar-refractivity contribution < 1.29 is 17.0 Å². The molecule has 0 bridgehead atoms. The molecule has 0 aliphatic heterocycles. The lowest BCUT2D eigenvalue weighted by Gasteiger charge is -2.08. The molecule has 3 aromatic rings. The van der Waals surface area contributed by atoms with E-state index in [1.807, 2.05) is 0 Å². The minimum atomic E-state index is -4.18. The van der Waals surface area contributed by atoms with Crippen molar-refractivity contribution in [2.24, 2.45) is 0 Å². The number of hydrogen-bond donors (Lipinski definition) is 0. The van der Waals surface area contributed by atoms with Gasteiger partial charge in [-0.1, -0.05) is 12.1 Å². The fourth-order valence-electron chi connectivity index (χ4n) is 2.04. The minimum absolute atomic E-state index is 0.0141. The largest absolute Gasteiger partial charge is 0.423 e. The van der Waals surface area contributed by atoms with Gasteiger partial charge in [-0.2, -0.15) is 13.7 Å². The van der Waals surface area contributed by atoms with Gasteiger partial charge in [0.25, 0.3) is 0 Å². The third kappa shape index (κ3) is 2.93. The second kappa shape index (κ2) is 5.59. The molecular weight excluding hydrogens is 318 g/mol. The van der Waals surface area contributed by atoms with Gasteiger partial charge in [0.1, 0.15) is 22.3 Å². The first kappa shape index (κ1) is 14.8. The van der Waals surface area contributed by atoms with Crippen LogP contribution in [0.15, 0.2) is 68.7 Å². The Bertz CT molecular complexity index is 1090. The molecule has 0 atom stereocenters. The quantitative estimate of drug-likeness (QED) is 0.541. The van der Waals surface area contributed by atoms with E-state index in [0.717, 1.165) is 0 Å². The fourth-order valence-corrected chi connectivity index (χ4v) is 3.12. The van der Waals surface area contributed by atoms with E-state index in [1.54, 1.807) is 24.3 Å². The van der Waals surface area contributed by atoms with Gasteiger partial charge in [-0.3, -0.25) is 0 Å². The average molecular weight is 327 g/mol. The van der Waals surface area contributed by atoms with Crippen molar-refractivity contribution in [1.82, 2.24) is 0 Å². The van der Waals surface area contributed by atoms with Gasteiger partial charge in [0.2, 0.25) is 0 Å². The summed E-state index contributed by atoms with van der Waals surface area (Å²) in [5.74, 6) is -0.0143. The summed E-state index contributed by atoms with van der Waals surface area (Å²) in [6, 6.07) is 14.7. The van der Waals surface area contributed by atoms with Crippen LogP contribution in [-0.4, -0.2) is 8.42 Å². The smallest absolute Gasteiger partial charge is 0.340 e. The van der Waals surface area contributed by atoms with Crippen LogP contribution in [0.5, 0.6) is 5.75 Å². The Balaban J connectivity index is 2.04. The van der Waals surface area contributed by atoms with Crippen molar-refractivity contribution in [3.63, 3.8) is 0 Å². The van der Waals surface area contributed by atoms with Crippen LogP contribution in [0.2, 0.25) is 0 Å². The van der Waals surface area contributed by atoms with E-state index in [0.29, 0.717) is 5.39 Å². The van der Waals surface area contributed by atoms with E-state index in [9.17, 15) is 13.2 Å². The lowest BCUT2D eigenvalue weighted by atomic mass is 10.2. The number of fused-ring (bicyclic) bond motifs is 1. The summed E-state index contributed by atoms with van der Waals surface area (Å²) in [5.41, 5.74) is -0.356. The summed E-state index contributed by atoms with van der Waals surface area (Å²) in [5, 5.41) is 9.63. The second-order valence-electron chi connectivity index (χ2n) is 4.60. The van der Waals surface area contributed by atoms with Gasteiger partial charge in [0.15, 0.2) is 0 Å². The molecule has 1 heterocycles. The summed E-state index contributed by atoms with van der Waals surface area (Å²) in [4.78, 5) is 11.0. The van der Waals surface area contributed by atoms with Crippen LogP contribution >= 0.6 is 0 Å². The average Bonchev–Trinajstić information content (AvgIpc) is 2.54. The summed E-state index contributed by atoms with van der Waals surface area (Å²) in [7, 11) is -4.18. The Morgan fingerprint density at radius 1 is 1.04 bits per heavy atom. The van der Waals surface area contributed by atoms with Crippen LogP contribution < -0.4 is 9.81 Å². The van der Waals surface area contributed by atoms with Crippen LogP contribution in [0.3, 0.4) is 0 Å². The van der Waals surface area contributed by atoms with Gasteiger partial charge < -0.3 is 8.60 Å². The molecule has 0 radical (unpaired) electrons. The molecule has 0 amide bonds. The van der Waals surface area contributed by atoms with E-state index in [-0.39, 0.29) is 21.8 Å². The first-order valence-electron chi connectivity index (χ1n) is 6.47. The van der Waals surface area contributed by atoms with E-state index in [4.69, 9.17) is 13.9 Å². The first-order valence-corrected chi connectivity index (χ1v) is 7.88. The molecule has 3 rings (SSSR count). The molecule has 23 heavy (non-hydrogen) atoms. The highest BCUT2D eigenvalue weighted by Gasteiger charge is 2.20. The predicted molar refractivity (Wildman–Crippen MR) is 81.5 cm³/mol. The lowest BCUT2D eigenvalue weighted by molar-refractivity contribution is 0.485. The van der Waals surface area contributed by atoms with Gasteiger partial charge in [0.05, 0.1) is 5.56 Å². The van der Waals surface area contributed by atoms with Gasteiger partial charge >= 0.3 is 15.7 Å². The normalized spacial score (nSPS) is 11.1. The molecule has 0 fully saturated rings. The van der Waals surface area contributed by atoms with Crippen LogP contribution in [0, 0.1) is 11.3 Å². The molecule has 0 saturated carbocycles. The fraction of sp³-hybridized carbons (Fsp3) is 0. The molecule has 0 unspecified atom stereocenters. The molecule has 0 spiro atoms. The predicted octanol–water partition coefficient (Wildman–Crippen LogP) is 2.43. The summed E-state index contributed by atoms with van der Waals surface area (Å²) in [6.07, 6.45) is 0. The maximum Gasteiger partial charge on any atom is 0.340 e. The molecule has 2 aromatic carbocycles. The summed E-state index contributed by atoms with van der Waals surface area (Å²) in [6.45, 7) is 0. The van der Waals surface area contributed by atoms with E-state index in [1.165, 1.54) is 36.4 Å². The minimum Gasteiger partial charge on any atom is -0.423 e. The highest BCUT2D eigenvalue weighted by molar-refractivity contribution is 7.87. The topological polar surface area (TPSA) is 97.4 Å². The van der Waals surface area contributed by atoms with Crippen molar-refractivity contribution in [3.05, 3.63) is 70.6 Å². The van der Waals surface area contributed by atoms with Crippen LogP contribution in [0.1, 0.15) is 5.56 Å². The zero-order valence-corrected chi connectivity index (χ0v) is 12.4. The number of benzene rings is 2. The van der Waals surface area contributed by atoms with Crippen molar-refractivity contribution in [2.45, 2.75) is 4.90 Å². The third-order valence-corrected chi connectivity index (χ3v) is 4.38. The van der Waals surface area contributed by atoms with Crippen molar-refractivity contribution in [1.29, 1.82) is 5.26 Å². The van der Waals surface area contributed by atoms with Crippen LogP contribution in [0.25, 0.3) is 11.0 Å². The van der Waals surface area contributed by atoms with Crippen LogP contribution in [0.4, 0.5) is 0 Å². The lowest BCUT2D eigenvalue weighted by Crippen LogP contribution is -2.11. The highest BCUT2D eigenvalue weighted by Crippen LogP contribution is 2.24. The maximum atomic E-state index is 12.3. The Morgan fingerprint density at radius 3 is 2.57 bits per heavy atom. The SMILES string of the molecule is N#Cc1ccccc1S(=O)(=O)Oc1ccc2ccc(=O)oc2c1. The molecular formula is C16H9NO5S. The molecule has 7 heteroatoms. The molecule has 114 valence electrons. The second-order valence-corrected chi connectivity index (χ2v) is 6.11. The molecule has 0 aliphatic rings. The van der Waals surface area contributed by atoms with Crippen molar-refractivity contribution in [3.8, 4) is 11.8 Å². The Labute approximate surface area is 131 Å². The number of hydrogen-bond acceptors (Lipinski definition) is 6. The van der Waals surface area contributed by atoms with E-state index >= 15 is 0 Å². The van der Waals surface area contributed by atoms with E-state index < -0.39 is 15.7 Å². The standard InChI is InChI=1S/C16H9NO5S/c17-10-12-3-1-2-4-15(12)23(19,20)22-13-7-5-11-6-8-16(18)21-14(11)9-13/h1-9H. The highest BCUT2D eigenvalue weighted by atomic mass is 32.2. The van der Waals surface area contributed by atoms with E-state index in [2.05, 4.69) is 0 Å². The van der Waals surface area contributed by atoms with Crippen LogP contribution in [-0.2, 0) is 10.1 Å². The zero-order valence-electron chi connectivity index (χ0n) is 11.6. The maximum absolute atomic E-state index is 12.3. The molecule has 6 nitrogen and oxygen atoms in total. The van der Waals surface area contributed by atoms with Gasteiger partial charge in [0, 0.05) is 17.5 Å². The van der Waals surface area contributed by atoms with Gasteiger partial charge in [-0.05, 0) is 30.3 Å².